The van der Waals surface area contributed by atoms with Gasteiger partial charge in [-0.3, -0.25) is 0 Å². The second-order valence-corrected chi connectivity index (χ2v) is 4.11. The maximum atomic E-state index is 9.87. The van der Waals surface area contributed by atoms with Crippen molar-refractivity contribution in [3.8, 4) is 0 Å². The Hall–Kier alpha value is -0.940. The second kappa shape index (κ2) is 9.05. The zero-order valence-corrected chi connectivity index (χ0v) is 11.1. The van der Waals surface area contributed by atoms with Crippen LogP contribution in [0.4, 0.5) is 0 Å². The number of ether oxygens (including phenoxy) is 3. The van der Waals surface area contributed by atoms with E-state index in [1.165, 1.54) is 5.56 Å². The van der Waals surface area contributed by atoms with Crippen LogP contribution in [-0.2, 0) is 14.2 Å². The molecule has 1 aromatic carbocycles. The summed E-state index contributed by atoms with van der Waals surface area (Å²) in [6.45, 7) is 4.46. The van der Waals surface area contributed by atoms with Crippen molar-refractivity contribution in [1.29, 1.82) is 0 Å². The minimum Gasteiger partial charge on any atom is -0.386 e. The van der Waals surface area contributed by atoms with Gasteiger partial charge in [-0.05, 0) is 12.5 Å². The zero-order chi connectivity index (χ0) is 13.2. The van der Waals surface area contributed by atoms with Crippen molar-refractivity contribution in [1.82, 2.24) is 0 Å². The number of benzene rings is 1. The summed E-state index contributed by atoms with van der Waals surface area (Å²) in [6, 6.07) is 7.79. The summed E-state index contributed by atoms with van der Waals surface area (Å²) in [7, 11) is 1.64. The van der Waals surface area contributed by atoms with Gasteiger partial charge in [0.25, 0.3) is 0 Å². The first-order valence-corrected chi connectivity index (χ1v) is 6.13. The molecule has 1 atom stereocenters. The smallest absolute Gasteiger partial charge is 0.102 e. The topological polar surface area (TPSA) is 47.9 Å². The van der Waals surface area contributed by atoms with Crippen LogP contribution >= 0.6 is 0 Å². The third-order valence-electron chi connectivity index (χ3n) is 2.54. The van der Waals surface area contributed by atoms with E-state index in [0.29, 0.717) is 26.4 Å². The number of rotatable bonds is 9. The predicted octanol–water partition coefficient (Wildman–Crippen LogP) is 1.71. The molecule has 1 rings (SSSR count). The maximum Gasteiger partial charge on any atom is 0.102 e. The van der Waals surface area contributed by atoms with Gasteiger partial charge in [-0.2, -0.15) is 0 Å². The van der Waals surface area contributed by atoms with Gasteiger partial charge in [0, 0.05) is 7.11 Å². The highest BCUT2D eigenvalue weighted by atomic mass is 16.5. The van der Waals surface area contributed by atoms with E-state index < -0.39 is 6.10 Å². The van der Waals surface area contributed by atoms with Crippen molar-refractivity contribution in [2.24, 2.45) is 0 Å². The molecular weight excluding hydrogens is 232 g/mol. The number of aliphatic hydroxyl groups excluding tert-OH is 1. The molecule has 0 spiro atoms. The van der Waals surface area contributed by atoms with E-state index in [1.54, 1.807) is 7.11 Å². The molecule has 18 heavy (non-hydrogen) atoms. The first-order chi connectivity index (χ1) is 8.74. The molecule has 1 unspecified atom stereocenters. The lowest BCUT2D eigenvalue weighted by atomic mass is 10.1. The molecule has 0 saturated heterocycles. The average Bonchev–Trinajstić information content (AvgIpc) is 2.38. The average molecular weight is 254 g/mol. The Kier molecular flexibility index (Phi) is 7.60. The van der Waals surface area contributed by atoms with Gasteiger partial charge >= 0.3 is 0 Å². The predicted molar refractivity (Wildman–Crippen MR) is 69.7 cm³/mol. The minimum atomic E-state index is -0.579. The number of methoxy groups -OCH3 is 1. The molecule has 0 heterocycles. The molecular formula is C14H22O4. The molecule has 102 valence electrons. The van der Waals surface area contributed by atoms with Crippen LogP contribution in [0.3, 0.4) is 0 Å². The van der Waals surface area contributed by atoms with Gasteiger partial charge in [0.15, 0.2) is 0 Å². The van der Waals surface area contributed by atoms with Crippen LogP contribution in [0.25, 0.3) is 0 Å². The second-order valence-electron chi connectivity index (χ2n) is 4.11. The van der Waals surface area contributed by atoms with E-state index in [4.69, 9.17) is 14.2 Å². The van der Waals surface area contributed by atoms with Crippen LogP contribution in [0.5, 0.6) is 0 Å². The molecule has 0 aliphatic heterocycles. The Morgan fingerprint density at radius 3 is 2.28 bits per heavy atom. The lowest BCUT2D eigenvalue weighted by Gasteiger charge is -2.12. The van der Waals surface area contributed by atoms with Gasteiger partial charge in [0.1, 0.15) is 6.10 Å². The highest BCUT2D eigenvalue weighted by Crippen LogP contribution is 2.13. The summed E-state index contributed by atoms with van der Waals surface area (Å²) in [6.07, 6.45) is -0.579. The molecule has 1 aromatic rings. The van der Waals surface area contributed by atoms with Crippen LogP contribution in [0.15, 0.2) is 24.3 Å². The zero-order valence-electron chi connectivity index (χ0n) is 11.1. The molecule has 0 bridgehead atoms. The van der Waals surface area contributed by atoms with E-state index in [1.807, 2.05) is 31.2 Å². The maximum absolute atomic E-state index is 9.87. The van der Waals surface area contributed by atoms with Crippen LogP contribution < -0.4 is 0 Å². The molecule has 0 amide bonds. The fourth-order valence-electron chi connectivity index (χ4n) is 1.44. The fraction of sp³-hybridized carbons (Fsp3) is 0.571. The van der Waals surface area contributed by atoms with Gasteiger partial charge in [0.05, 0.1) is 33.0 Å². The summed E-state index contributed by atoms with van der Waals surface area (Å²) < 4.78 is 15.4. The minimum absolute atomic E-state index is 0.288. The van der Waals surface area contributed by atoms with Gasteiger partial charge in [-0.15, -0.1) is 0 Å². The number of aryl methyl sites for hydroxylation is 1. The molecule has 4 nitrogen and oxygen atoms in total. The Labute approximate surface area is 108 Å². The van der Waals surface area contributed by atoms with Crippen molar-refractivity contribution >= 4 is 0 Å². The summed E-state index contributed by atoms with van der Waals surface area (Å²) in [5.74, 6) is 0. The first-order valence-electron chi connectivity index (χ1n) is 6.13. The summed E-state index contributed by atoms with van der Waals surface area (Å²) in [5.41, 5.74) is 2.05. The SMILES string of the molecule is COCCOCCOCC(O)c1ccc(C)cc1. The van der Waals surface area contributed by atoms with Crippen molar-refractivity contribution in [3.63, 3.8) is 0 Å². The largest absolute Gasteiger partial charge is 0.386 e. The number of hydrogen-bond acceptors (Lipinski definition) is 4. The third kappa shape index (κ3) is 6.12. The lowest BCUT2D eigenvalue weighted by molar-refractivity contribution is -0.00590. The normalized spacial score (nSPS) is 12.6. The lowest BCUT2D eigenvalue weighted by Crippen LogP contribution is -2.12. The molecule has 0 aliphatic carbocycles. The first kappa shape index (κ1) is 15.1. The van der Waals surface area contributed by atoms with Gasteiger partial charge in [-0.1, -0.05) is 29.8 Å². The third-order valence-corrected chi connectivity index (χ3v) is 2.54. The summed E-state index contributed by atoms with van der Waals surface area (Å²) >= 11 is 0. The Bertz CT molecular complexity index is 310. The fourth-order valence-corrected chi connectivity index (χ4v) is 1.44. The van der Waals surface area contributed by atoms with Crippen LogP contribution in [0, 0.1) is 6.92 Å². The number of hydrogen-bond donors (Lipinski definition) is 1. The molecule has 4 heteroatoms. The molecule has 1 N–H and O–H groups in total. The standard InChI is InChI=1S/C14H22O4/c1-12-3-5-13(6-4-12)14(15)11-18-10-9-17-8-7-16-2/h3-6,14-15H,7-11H2,1-2H3. The van der Waals surface area contributed by atoms with Crippen LogP contribution in [0.1, 0.15) is 17.2 Å². The quantitative estimate of drug-likeness (QED) is 0.681. The van der Waals surface area contributed by atoms with E-state index in [9.17, 15) is 5.11 Å². The summed E-state index contributed by atoms with van der Waals surface area (Å²) in [5, 5.41) is 9.87. The highest BCUT2D eigenvalue weighted by molar-refractivity contribution is 5.23. The summed E-state index contributed by atoms with van der Waals surface area (Å²) in [4.78, 5) is 0. The number of aliphatic hydroxyl groups is 1. The van der Waals surface area contributed by atoms with E-state index in [-0.39, 0.29) is 6.61 Å². The molecule has 0 radical (unpaired) electrons. The van der Waals surface area contributed by atoms with Gasteiger partial charge in [0.2, 0.25) is 0 Å². The molecule has 0 aromatic heterocycles. The molecule has 0 aliphatic rings. The van der Waals surface area contributed by atoms with Crippen LogP contribution in [-0.4, -0.2) is 45.3 Å². The van der Waals surface area contributed by atoms with E-state index >= 15 is 0 Å². The van der Waals surface area contributed by atoms with Crippen molar-refractivity contribution in [3.05, 3.63) is 35.4 Å². The molecule has 0 saturated carbocycles. The van der Waals surface area contributed by atoms with Crippen molar-refractivity contribution < 1.29 is 19.3 Å². The van der Waals surface area contributed by atoms with Crippen LogP contribution in [0.2, 0.25) is 0 Å². The van der Waals surface area contributed by atoms with E-state index in [2.05, 4.69) is 0 Å². The Morgan fingerprint density at radius 1 is 1.00 bits per heavy atom. The van der Waals surface area contributed by atoms with Gasteiger partial charge in [-0.25, -0.2) is 0 Å². The van der Waals surface area contributed by atoms with Gasteiger partial charge < -0.3 is 19.3 Å². The monoisotopic (exact) mass is 254 g/mol. The Balaban J connectivity index is 2.10. The molecule has 0 fully saturated rings. The van der Waals surface area contributed by atoms with E-state index in [0.717, 1.165) is 5.56 Å². The van der Waals surface area contributed by atoms with Crippen molar-refractivity contribution in [2.45, 2.75) is 13.0 Å². The highest BCUT2D eigenvalue weighted by Gasteiger charge is 2.06. The Morgan fingerprint density at radius 2 is 1.61 bits per heavy atom. The van der Waals surface area contributed by atoms with Crippen molar-refractivity contribution in [2.75, 3.05) is 40.1 Å².